The van der Waals surface area contributed by atoms with Crippen molar-refractivity contribution in [1.82, 2.24) is 4.90 Å². The van der Waals surface area contributed by atoms with E-state index in [1.165, 1.54) is 47.4 Å². The Kier molecular flexibility index (Phi) is 6.24. The summed E-state index contributed by atoms with van der Waals surface area (Å²) in [5, 5.41) is 13.6. The zero-order valence-electron chi connectivity index (χ0n) is 16.0. The quantitative estimate of drug-likeness (QED) is 0.568. The molecule has 0 spiro atoms. The maximum Gasteiger partial charge on any atom is 0.387 e. The Balaban J connectivity index is 1.70. The predicted octanol–water partition coefficient (Wildman–Crippen LogP) is 3.75. The third-order valence-corrected chi connectivity index (χ3v) is 4.80. The maximum atomic E-state index is 12.9. The van der Waals surface area contributed by atoms with Gasteiger partial charge in [0.2, 0.25) is 5.91 Å². The third kappa shape index (κ3) is 4.70. The lowest BCUT2D eigenvalue weighted by atomic mass is 10.1. The van der Waals surface area contributed by atoms with Crippen molar-refractivity contribution in [2.24, 2.45) is 0 Å². The number of anilines is 1. The number of nitro groups is 1. The normalized spacial score (nSPS) is 15.9. The highest BCUT2D eigenvalue weighted by atomic mass is 19.3. The van der Waals surface area contributed by atoms with Crippen LogP contribution in [-0.2, 0) is 4.79 Å². The van der Waals surface area contributed by atoms with Crippen LogP contribution in [0.25, 0.3) is 0 Å². The first-order chi connectivity index (χ1) is 14.3. The Hall–Kier alpha value is -3.56. The number of ether oxygens (including phenoxy) is 1. The van der Waals surface area contributed by atoms with Crippen molar-refractivity contribution in [3.63, 3.8) is 0 Å². The van der Waals surface area contributed by atoms with Gasteiger partial charge in [-0.2, -0.15) is 8.78 Å². The predicted molar refractivity (Wildman–Crippen MR) is 104 cm³/mol. The molecule has 1 heterocycles. The number of nitrogens with zero attached hydrogens (tertiary/aromatic N) is 2. The molecule has 1 aliphatic heterocycles. The molecule has 2 amide bonds. The van der Waals surface area contributed by atoms with Crippen molar-refractivity contribution in [2.75, 3.05) is 11.9 Å². The van der Waals surface area contributed by atoms with Crippen LogP contribution in [0.3, 0.4) is 0 Å². The van der Waals surface area contributed by atoms with Gasteiger partial charge in [0.25, 0.3) is 11.6 Å². The number of hydrogen-bond donors (Lipinski definition) is 1. The number of amides is 2. The Morgan fingerprint density at radius 3 is 2.53 bits per heavy atom. The first-order valence-corrected chi connectivity index (χ1v) is 9.18. The Morgan fingerprint density at radius 1 is 1.23 bits per heavy atom. The molecule has 1 atom stereocenters. The number of carbonyl (C=O) groups is 2. The summed E-state index contributed by atoms with van der Waals surface area (Å²) in [6.45, 7) is -1.01. The van der Waals surface area contributed by atoms with Gasteiger partial charge in [-0.25, -0.2) is 0 Å². The van der Waals surface area contributed by atoms with Crippen molar-refractivity contribution in [3.05, 3.63) is 63.7 Å². The summed E-state index contributed by atoms with van der Waals surface area (Å²) in [4.78, 5) is 37.4. The molecular formula is C20H19F2N3O5. The summed E-state index contributed by atoms with van der Waals surface area (Å²) in [5.41, 5.74) is 0.928. The van der Waals surface area contributed by atoms with E-state index in [-0.39, 0.29) is 22.9 Å². The lowest BCUT2D eigenvalue weighted by Crippen LogP contribution is -2.43. The Morgan fingerprint density at radius 2 is 1.93 bits per heavy atom. The number of nitrogens with one attached hydrogen (secondary N) is 1. The van der Waals surface area contributed by atoms with Crippen molar-refractivity contribution in [1.29, 1.82) is 0 Å². The van der Waals surface area contributed by atoms with Crippen molar-refractivity contribution in [2.45, 2.75) is 32.4 Å². The van der Waals surface area contributed by atoms with Gasteiger partial charge in [0.15, 0.2) is 0 Å². The van der Waals surface area contributed by atoms with Gasteiger partial charge < -0.3 is 15.0 Å². The molecule has 3 rings (SSSR count). The Labute approximate surface area is 170 Å². The lowest BCUT2D eigenvalue weighted by Gasteiger charge is -2.24. The molecule has 10 heteroatoms. The second-order valence-corrected chi connectivity index (χ2v) is 6.81. The van der Waals surface area contributed by atoms with Crippen LogP contribution >= 0.6 is 0 Å². The molecule has 30 heavy (non-hydrogen) atoms. The summed E-state index contributed by atoms with van der Waals surface area (Å²) in [5.74, 6) is -0.817. The molecule has 0 saturated carbocycles. The van der Waals surface area contributed by atoms with E-state index in [0.29, 0.717) is 30.6 Å². The van der Waals surface area contributed by atoms with Gasteiger partial charge in [-0.15, -0.1) is 0 Å². The van der Waals surface area contributed by atoms with E-state index in [2.05, 4.69) is 10.1 Å². The molecule has 1 aliphatic rings. The zero-order valence-corrected chi connectivity index (χ0v) is 16.0. The fourth-order valence-corrected chi connectivity index (χ4v) is 3.39. The molecule has 2 aromatic rings. The SMILES string of the molecule is Cc1cc(C(=O)N2CCCC2C(=O)Nc2ccc(OC(F)F)cc2)ccc1[N+](=O)[O-]. The van der Waals surface area contributed by atoms with E-state index < -0.39 is 23.5 Å². The van der Waals surface area contributed by atoms with Crippen LogP contribution in [0, 0.1) is 17.0 Å². The molecular weight excluding hydrogens is 400 g/mol. The first kappa shape index (κ1) is 21.2. The fourth-order valence-electron chi connectivity index (χ4n) is 3.39. The van der Waals surface area contributed by atoms with Crippen LogP contribution in [0.1, 0.15) is 28.8 Å². The topological polar surface area (TPSA) is 102 Å². The third-order valence-electron chi connectivity index (χ3n) is 4.80. The van der Waals surface area contributed by atoms with Crippen LogP contribution in [0.5, 0.6) is 5.75 Å². The van der Waals surface area contributed by atoms with E-state index >= 15 is 0 Å². The zero-order chi connectivity index (χ0) is 21.8. The number of likely N-dealkylation sites (tertiary alicyclic amines) is 1. The molecule has 0 radical (unpaired) electrons. The number of alkyl halides is 2. The minimum atomic E-state index is -2.94. The fraction of sp³-hybridized carbons (Fsp3) is 0.300. The van der Waals surface area contributed by atoms with Crippen LogP contribution in [0.2, 0.25) is 0 Å². The first-order valence-electron chi connectivity index (χ1n) is 9.18. The van der Waals surface area contributed by atoms with Crippen molar-refractivity contribution < 1.29 is 28.0 Å². The van der Waals surface area contributed by atoms with E-state index in [1.807, 2.05) is 0 Å². The van der Waals surface area contributed by atoms with Gasteiger partial charge in [-0.1, -0.05) is 0 Å². The molecule has 0 aromatic heterocycles. The Bertz CT molecular complexity index is 965. The van der Waals surface area contributed by atoms with Gasteiger partial charge in [-0.05, 0) is 56.2 Å². The molecule has 1 unspecified atom stereocenters. The molecule has 1 fully saturated rings. The number of nitro benzene ring substituents is 1. The number of aryl methyl sites for hydroxylation is 1. The maximum absolute atomic E-state index is 12.9. The molecule has 1 saturated heterocycles. The highest BCUT2D eigenvalue weighted by molar-refractivity contribution is 6.01. The largest absolute Gasteiger partial charge is 0.435 e. The van der Waals surface area contributed by atoms with Crippen LogP contribution in [0.15, 0.2) is 42.5 Å². The van der Waals surface area contributed by atoms with Crippen molar-refractivity contribution in [3.8, 4) is 5.75 Å². The summed E-state index contributed by atoms with van der Waals surface area (Å²) >= 11 is 0. The lowest BCUT2D eigenvalue weighted by molar-refractivity contribution is -0.385. The van der Waals surface area contributed by atoms with E-state index in [1.54, 1.807) is 6.92 Å². The minimum absolute atomic E-state index is 0.0331. The molecule has 8 nitrogen and oxygen atoms in total. The van der Waals surface area contributed by atoms with Gasteiger partial charge in [-0.3, -0.25) is 19.7 Å². The van der Waals surface area contributed by atoms with Gasteiger partial charge in [0, 0.05) is 29.4 Å². The van der Waals surface area contributed by atoms with Gasteiger partial charge >= 0.3 is 6.61 Å². The monoisotopic (exact) mass is 419 g/mol. The smallest absolute Gasteiger partial charge is 0.387 e. The van der Waals surface area contributed by atoms with Crippen molar-refractivity contribution >= 4 is 23.2 Å². The second-order valence-electron chi connectivity index (χ2n) is 6.81. The minimum Gasteiger partial charge on any atom is -0.435 e. The molecule has 0 bridgehead atoms. The summed E-state index contributed by atoms with van der Waals surface area (Å²) in [6, 6.07) is 8.85. The molecule has 1 N–H and O–H groups in total. The molecule has 2 aromatic carbocycles. The van der Waals surface area contributed by atoms with Crippen LogP contribution < -0.4 is 10.1 Å². The average molecular weight is 419 g/mol. The van der Waals surface area contributed by atoms with E-state index in [9.17, 15) is 28.5 Å². The van der Waals surface area contributed by atoms with E-state index in [0.717, 1.165) is 0 Å². The number of carbonyl (C=O) groups excluding carboxylic acids is 2. The van der Waals surface area contributed by atoms with Crippen LogP contribution in [0.4, 0.5) is 20.2 Å². The average Bonchev–Trinajstić information content (AvgIpc) is 3.18. The highest BCUT2D eigenvalue weighted by Gasteiger charge is 2.35. The number of rotatable bonds is 6. The molecule has 0 aliphatic carbocycles. The summed E-state index contributed by atoms with van der Waals surface area (Å²) < 4.78 is 28.7. The van der Waals surface area contributed by atoms with Gasteiger partial charge in [0.1, 0.15) is 11.8 Å². The van der Waals surface area contributed by atoms with Gasteiger partial charge in [0.05, 0.1) is 4.92 Å². The highest BCUT2D eigenvalue weighted by Crippen LogP contribution is 2.25. The number of benzene rings is 2. The van der Waals surface area contributed by atoms with E-state index in [4.69, 9.17) is 0 Å². The summed E-state index contributed by atoms with van der Waals surface area (Å²) in [6.07, 6.45) is 1.10. The van der Waals surface area contributed by atoms with Crippen LogP contribution in [-0.4, -0.2) is 40.8 Å². The molecule has 158 valence electrons. The standard InChI is InChI=1S/C20H19F2N3O5/c1-12-11-13(4-9-16(12)25(28)29)19(27)24-10-2-3-17(24)18(26)23-14-5-7-15(8-6-14)30-20(21)22/h4-9,11,17,20H,2-3,10H2,1H3,(H,23,26). The number of hydrogen-bond acceptors (Lipinski definition) is 5. The summed E-state index contributed by atoms with van der Waals surface area (Å²) in [7, 11) is 0. The number of halogens is 2. The second kappa shape index (κ2) is 8.85.